The Morgan fingerprint density at radius 2 is 0.727 bits per heavy atom. The van der Waals surface area contributed by atoms with Crippen LogP contribution in [0, 0.1) is 0 Å². The van der Waals surface area contributed by atoms with Crippen LogP contribution in [0.1, 0.15) is 0 Å². The van der Waals surface area contributed by atoms with Gasteiger partial charge in [-0.1, -0.05) is 146 Å². The molecule has 6 heterocycles. The summed E-state index contributed by atoms with van der Waals surface area (Å²) in [4.78, 5) is 14.0. The van der Waals surface area contributed by atoms with Gasteiger partial charge in [0, 0.05) is 115 Å². The summed E-state index contributed by atoms with van der Waals surface area (Å²) in [7, 11) is 0. The molecule has 5 nitrogen and oxygen atoms in total. The standard InChI is InChI=1S/C80H49N5S3/c1-3-10-50(11-4-1)51-21-26-60(27-22-51)84(64-33-38-71-78(48-64)86-74-16-9-40-82-80(71)74)63-31-36-68-67-34-25-57(44-75(67)87-76(68)46-63)56-20-19-54-42-53(17-18-55(54)43-56)52-23-28-59(29-24-52)83(62-32-37-69-70-39-41-81-49-79(70)88-77(69)47-62)61-30-35-66-65-14-7-8-15-72(65)85(73(66)45-61)58-12-5-2-6-13-58/h1-49H. The van der Waals surface area contributed by atoms with Crippen molar-refractivity contribution in [2.45, 2.75) is 0 Å². The van der Waals surface area contributed by atoms with Crippen LogP contribution < -0.4 is 9.80 Å². The maximum absolute atomic E-state index is 4.75. The lowest BCUT2D eigenvalue weighted by Gasteiger charge is -2.26. The lowest BCUT2D eigenvalue weighted by molar-refractivity contribution is 1.18. The largest absolute Gasteiger partial charge is 0.310 e. The lowest BCUT2D eigenvalue weighted by Crippen LogP contribution is -2.10. The van der Waals surface area contributed by atoms with E-state index in [1.165, 1.54) is 116 Å². The molecule has 0 radical (unpaired) electrons. The van der Waals surface area contributed by atoms with Crippen LogP contribution >= 0.6 is 34.0 Å². The number of aromatic nitrogens is 3. The van der Waals surface area contributed by atoms with E-state index in [9.17, 15) is 0 Å². The summed E-state index contributed by atoms with van der Waals surface area (Å²) in [5.74, 6) is 0. The fourth-order valence-corrected chi connectivity index (χ4v) is 16.6. The normalized spacial score (nSPS) is 11.9. The second-order valence-corrected chi connectivity index (χ2v) is 25.8. The number of fused-ring (bicyclic) bond motifs is 13. The smallest absolute Gasteiger partial charge is 0.0888 e. The Morgan fingerprint density at radius 3 is 1.41 bits per heavy atom. The Hall–Kier alpha value is -10.7. The molecule has 88 heavy (non-hydrogen) atoms. The van der Waals surface area contributed by atoms with Crippen LogP contribution in [-0.2, 0) is 0 Å². The molecular weight excluding hydrogens is 1130 g/mol. The minimum Gasteiger partial charge on any atom is -0.310 e. The highest BCUT2D eigenvalue weighted by molar-refractivity contribution is 7.26. The van der Waals surface area contributed by atoms with Gasteiger partial charge < -0.3 is 14.4 Å². The number of pyridine rings is 2. The molecule has 0 saturated heterocycles. The van der Waals surface area contributed by atoms with Crippen molar-refractivity contribution in [3.8, 4) is 39.1 Å². The maximum atomic E-state index is 4.75. The third-order valence-electron chi connectivity index (χ3n) is 17.5. The second kappa shape index (κ2) is 20.5. The van der Waals surface area contributed by atoms with Gasteiger partial charge in [-0.25, -0.2) is 0 Å². The van der Waals surface area contributed by atoms with Crippen molar-refractivity contribution in [1.82, 2.24) is 14.5 Å². The second-order valence-electron chi connectivity index (χ2n) is 22.6. The molecule has 18 aromatic rings. The summed E-state index contributed by atoms with van der Waals surface area (Å²) in [6.45, 7) is 0. The van der Waals surface area contributed by atoms with Crippen molar-refractivity contribution < 1.29 is 0 Å². The molecule has 0 aliphatic carbocycles. The number of thiophene rings is 3. The fraction of sp³-hybridized carbons (Fsp3) is 0. The minimum atomic E-state index is 1.06. The SMILES string of the molecule is c1ccc(-c2ccc(N(c3ccc4c(c3)sc3cc(-c5ccc6cc(-c7ccc(N(c8ccc9c(c8)sc8cnccc89)c8ccc9c%10ccccc%10n(-c%10ccccc%10)c9c8)cc7)ccc6c5)ccc34)c3ccc4c(c3)sc3cccnc34)cc2)cc1. The summed E-state index contributed by atoms with van der Waals surface area (Å²) in [6.07, 6.45) is 5.76. The average Bonchev–Trinajstić information content (AvgIpc) is 3.43. The Labute approximate surface area is 518 Å². The van der Waals surface area contributed by atoms with Crippen LogP contribution in [0.2, 0.25) is 0 Å². The summed E-state index contributed by atoms with van der Waals surface area (Å²) in [5, 5.41) is 11.1. The first-order valence-corrected chi connectivity index (χ1v) is 32.0. The molecule has 0 bridgehead atoms. The van der Waals surface area contributed by atoms with Gasteiger partial charge in [0.2, 0.25) is 0 Å². The van der Waals surface area contributed by atoms with Crippen molar-refractivity contribution >= 4 is 161 Å². The molecule has 0 aliphatic rings. The van der Waals surface area contributed by atoms with Gasteiger partial charge in [-0.15, -0.1) is 34.0 Å². The van der Waals surface area contributed by atoms with Crippen LogP contribution in [0.15, 0.2) is 298 Å². The maximum Gasteiger partial charge on any atom is 0.0888 e. The van der Waals surface area contributed by atoms with E-state index in [0.717, 1.165) is 50.8 Å². The van der Waals surface area contributed by atoms with E-state index in [2.05, 4.69) is 292 Å². The quantitative estimate of drug-likeness (QED) is 0.137. The van der Waals surface area contributed by atoms with Gasteiger partial charge in [-0.2, -0.15) is 0 Å². The van der Waals surface area contributed by atoms with E-state index < -0.39 is 0 Å². The number of para-hydroxylation sites is 2. The van der Waals surface area contributed by atoms with Crippen LogP contribution in [0.4, 0.5) is 34.1 Å². The monoisotopic (exact) mass is 1180 g/mol. The van der Waals surface area contributed by atoms with Gasteiger partial charge in [0.05, 0.1) is 25.9 Å². The summed E-state index contributed by atoms with van der Waals surface area (Å²) in [6, 6.07) is 103. The molecule has 6 aromatic heterocycles. The molecule has 0 spiro atoms. The average molecular weight is 1180 g/mol. The zero-order valence-corrected chi connectivity index (χ0v) is 49.7. The fourth-order valence-electron chi connectivity index (χ4n) is 13.3. The highest BCUT2D eigenvalue weighted by Gasteiger charge is 2.21. The van der Waals surface area contributed by atoms with E-state index in [-0.39, 0.29) is 0 Å². The van der Waals surface area contributed by atoms with Crippen molar-refractivity contribution in [2.24, 2.45) is 0 Å². The van der Waals surface area contributed by atoms with E-state index >= 15 is 0 Å². The number of anilines is 6. The van der Waals surface area contributed by atoms with Gasteiger partial charge >= 0.3 is 0 Å². The first-order valence-electron chi connectivity index (χ1n) is 29.6. The Balaban J connectivity index is 0.667. The van der Waals surface area contributed by atoms with E-state index in [4.69, 9.17) is 4.98 Å². The third kappa shape index (κ3) is 8.48. The Morgan fingerprint density at radius 1 is 0.273 bits per heavy atom. The van der Waals surface area contributed by atoms with Gasteiger partial charge in [0.1, 0.15) is 0 Å². The number of benzene rings is 12. The van der Waals surface area contributed by atoms with Crippen molar-refractivity contribution in [2.75, 3.05) is 9.80 Å². The summed E-state index contributed by atoms with van der Waals surface area (Å²) < 4.78 is 9.77. The van der Waals surface area contributed by atoms with Crippen molar-refractivity contribution in [3.63, 3.8) is 0 Å². The molecule has 0 fully saturated rings. The summed E-state index contributed by atoms with van der Waals surface area (Å²) in [5.41, 5.74) is 18.3. The molecule has 18 rings (SSSR count). The molecule has 0 unspecified atom stereocenters. The van der Waals surface area contributed by atoms with Crippen LogP contribution in [0.25, 0.3) is 132 Å². The van der Waals surface area contributed by atoms with Crippen molar-refractivity contribution in [3.05, 3.63) is 298 Å². The highest BCUT2D eigenvalue weighted by atomic mass is 32.1. The highest BCUT2D eigenvalue weighted by Crippen LogP contribution is 2.47. The van der Waals surface area contributed by atoms with Gasteiger partial charge in [0.15, 0.2) is 0 Å². The molecule has 0 aliphatic heterocycles. The number of hydrogen-bond acceptors (Lipinski definition) is 7. The molecule has 0 amide bonds. The van der Waals surface area contributed by atoms with Crippen molar-refractivity contribution in [1.29, 1.82) is 0 Å². The number of nitrogens with zero attached hydrogens (tertiary/aromatic N) is 5. The number of hydrogen-bond donors (Lipinski definition) is 0. The van der Waals surface area contributed by atoms with E-state index in [1.54, 1.807) is 22.7 Å². The zero-order chi connectivity index (χ0) is 57.8. The van der Waals surface area contributed by atoms with Gasteiger partial charge in [0.25, 0.3) is 0 Å². The summed E-state index contributed by atoms with van der Waals surface area (Å²) >= 11 is 5.46. The molecule has 0 saturated carbocycles. The molecule has 412 valence electrons. The lowest BCUT2D eigenvalue weighted by atomic mass is 9.97. The molecule has 12 aromatic carbocycles. The molecule has 0 N–H and O–H groups in total. The Kier molecular flexibility index (Phi) is 11.8. The van der Waals surface area contributed by atoms with E-state index in [1.807, 2.05) is 36.0 Å². The molecular formula is C80H49N5S3. The number of rotatable bonds is 10. The third-order valence-corrected chi connectivity index (χ3v) is 20.8. The topological polar surface area (TPSA) is 37.2 Å². The van der Waals surface area contributed by atoms with Crippen LogP contribution in [-0.4, -0.2) is 14.5 Å². The first kappa shape index (κ1) is 50.6. The predicted molar refractivity (Wildman–Crippen MR) is 378 cm³/mol. The zero-order valence-electron chi connectivity index (χ0n) is 47.3. The Bertz CT molecular complexity index is 5760. The van der Waals surface area contributed by atoms with E-state index in [0.29, 0.717) is 0 Å². The van der Waals surface area contributed by atoms with Crippen LogP contribution in [0.5, 0.6) is 0 Å². The predicted octanol–water partition coefficient (Wildman–Crippen LogP) is 23.8. The van der Waals surface area contributed by atoms with Gasteiger partial charge in [-0.05, 0) is 178 Å². The molecule has 8 heteroatoms. The minimum absolute atomic E-state index is 1.06. The van der Waals surface area contributed by atoms with Gasteiger partial charge in [-0.3, -0.25) is 9.97 Å². The first-order chi connectivity index (χ1) is 43.6. The van der Waals surface area contributed by atoms with Crippen LogP contribution in [0.3, 0.4) is 0 Å². The molecule has 0 atom stereocenters.